The lowest BCUT2D eigenvalue weighted by atomic mass is 10.0. The minimum Gasteiger partial charge on any atom is -0.481 e. The van der Waals surface area contributed by atoms with Gasteiger partial charge in [0.15, 0.2) is 0 Å². The summed E-state index contributed by atoms with van der Waals surface area (Å²) in [6, 6.07) is -0.218. The molecule has 0 spiro atoms. The Morgan fingerprint density at radius 3 is 2.32 bits per heavy atom. The van der Waals surface area contributed by atoms with E-state index < -0.39 is 11.6 Å². The van der Waals surface area contributed by atoms with Crippen molar-refractivity contribution < 1.29 is 19.8 Å². The summed E-state index contributed by atoms with van der Waals surface area (Å²) in [5.74, 6) is -0.914. The van der Waals surface area contributed by atoms with Crippen molar-refractivity contribution in [2.45, 2.75) is 44.6 Å². The van der Waals surface area contributed by atoms with E-state index in [1.165, 1.54) is 9.80 Å². The number of carboxylic acids is 1. The fourth-order valence-electron chi connectivity index (χ4n) is 2.56. The quantitative estimate of drug-likeness (QED) is 0.759. The Bertz CT molecular complexity index is 327. The number of likely N-dealkylation sites (N-methyl/N-ethyl adjacent to an activating group) is 1. The zero-order chi connectivity index (χ0) is 14.5. The third-order valence-electron chi connectivity index (χ3n) is 3.64. The van der Waals surface area contributed by atoms with Gasteiger partial charge in [0.1, 0.15) is 0 Å². The van der Waals surface area contributed by atoms with E-state index in [9.17, 15) is 14.7 Å². The average molecular weight is 272 g/mol. The monoisotopic (exact) mass is 272 g/mol. The van der Waals surface area contributed by atoms with Crippen molar-refractivity contribution in [1.29, 1.82) is 0 Å². The number of rotatable bonds is 6. The summed E-state index contributed by atoms with van der Waals surface area (Å²) >= 11 is 0. The Hall–Kier alpha value is -1.30. The Morgan fingerprint density at radius 2 is 1.84 bits per heavy atom. The van der Waals surface area contributed by atoms with Crippen LogP contribution in [0.25, 0.3) is 0 Å². The lowest BCUT2D eigenvalue weighted by molar-refractivity contribution is -0.137. The second-order valence-corrected chi connectivity index (χ2v) is 5.29. The molecular weight excluding hydrogens is 248 g/mol. The van der Waals surface area contributed by atoms with Crippen LogP contribution in [0.3, 0.4) is 0 Å². The first-order chi connectivity index (χ1) is 8.88. The summed E-state index contributed by atoms with van der Waals surface area (Å²) < 4.78 is 0. The van der Waals surface area contributed by atoms with Crippen LogP contribution in [0.15, 0.2) is 0 Å². The molecule has 0 saturated heterocycles. The Kier molecular flexibility index (Phi) is 5.60. The highest BCUT2D eigenvalue weighted by Gasteiger charge is 2.34. The van der Waals surface area contributed by atoms with Crippen LogP contribution in [-0.2, 0) is 4.79 Å². The number of carbonyl (C=O) groups is 2. The zero-order valence-electron chi connectivity index (χ0n) is 11.8. The number of nitrogens with zero attached hydrogens (tertiary/aromatic N) is 2. The van der Waals surface area contributed by atoms with E-state index >= 15 is 0 Å². The van der Waals surface area contributed by atoms with Crippen molar-refractivity contribution in [2.75, 3.05) is 26.7 Å². The van der Waals surface area contributed by atoms with Gasteiger partial charge < -0.3 is 20.0 Å². The Morgan fingerprint density at radius 1 is 1.26 bits per heavy atom. The van der Waals surface area contributed by atoms with Crippen molar-refractivity contribution in [3.63, 3.8) is 0 Å². The summed E-state index contributed by atoms with van der Waals surface area (Å²) in [6.07, 6.45) is 3.39. The van der Waals surface area contributed by atoms with Crippen LogP contribution in [-0.4, -0.2) is 64.3 Å². The van der Waals surface area contributed by atoms with Gasteiger partial charge in [-0.2, -0.15) is 0 Å². The molecule has 2 amide bonds. The molecule has 1 rings (SSSR count). The topological polar surface area (TPSA) is 81.1 Å². The number of hydrogen-bond acceptors (Lipinski definition) is 3. The van der Waals surface area contributed by atoms with Crippen molar-refractivity contribution in [3.8, 4) is 0 Å². The molecule has 0 aromatic rings. The van der Waals surface area contributed by atoms with E-state index in [1.807, 2.05) is 6.92 Å². The predicted octanol–water partition coefficient (Wildman–Crippen LogP) is 1.14. The molecule has 1 aliphatic rings. The van der Waals surface area contributed by atoms with Crippen LogP contribution >= 0.6 is 0 Å². The second-order valence-electron chi connectivity index (χ2n) is 5.29. The zero-order valence-corrected chi connectivity index (χ0v) is 11.8. The van der Waals surface area contributed by atoms with Crippen molar-refractivity contribution in [1.82, 2.24) is 9.80 Å². The van der Waals surface area contributed by atoms with E-state index in [1.54, 1.807) is 7.05 Å². The summed E-state index contributed by atoms with van der Waals surface area (Å²) in [6.45, 7) is 2.80. The molecule has 0 aliphatic heterocycles. The van der Waals surface area contributed by atoms with Crippen LogP contribution in [0, 0.1) is 0 Å². The van der Waals surface area contributed by atoms with Crippen molar-refractivity contribution >= 4 is 12.0 Å². The number of amides is 2. The Balaban J connectivity index is 2.51. The molecule has 0 aromatic heterocycles. The molecule has 0 heterocycles. The highest BCUT2D eigenvalue weighted by atomic mass is 16.4. The molecule has 0 atom stereocenters. The van der Waals surface area contributed by atoms with E-state index in [2.05, 4.69) is 0 Å². The van der Waals surface area contributed by atoms with E-state index in [0.717, 1.165) is 25.7 Å². The molecule has 1 saturated carbocycles. The molecule has 19 heavy (non-hydrogen) atoms. The standard InChI is InChI=1S/C13H24N2O4/c1-3-15(9-6-11(16)17)12(18)14(2)10-13(19)7-4-5-8-13/h19H,3-10H2,1-2H3,(H,16,17). The third kappa shape index (κ3) is 4.70. The maximum Gasteiger partial charge on any atom is 0.319 e. The molecule has 0 unspecified atom stereocenters. The van der Waals surface area contributed by atoms with Crippen molar-refractivity contribution in [2.24, 2.45) is 0 Å². The van der Waals surface area contributed by atoms with Gasteiger partial charge in [-0.15, -0.1) is 0 Å². The van der Waals surface area contributed by atoms with Gasteiger partial charge in [0.2, 0.25) is 0 Å². The summed E-state index contributed by atoms with van der Waals surface area (Å²) in [4.78, 5) is 25.7. The number of carboxylic acid groups (broad SMARTS) is 1. The number of aliphatic carboxylic acids is 1. The average Bonchev–Trinajstić information content (AvgIpc) is 2.75. The van der Waals surface area contributed by atoms with Gasteiger partial charge in [0, 0.05) is 20.1 Å². The largest absolute Gasteiger partial charge is 0.481 e. The number of carbonyl (C=O) groups excluding carboxylic acids is 1. The molecule has 0 bridgehead atoms. The third-order valence-corrected chi connectivity index (χ3v) is 3.64. The molecule has 2 N–H and O–H groups in total. The lowest BCUT2D eigenvalue weighted by Gasteiger charge is -2.32. The highest BCUT2D eigenvalue weighted by molar-refractivity contribution is 5.75. The van der Waals surface area contributed by atoms with Crippen molar-refractivity contribution in [3.05, 3.63) is 0 Å². The van der Waals surface area contributed by atoms with Gasteiger partial charge in [-0.05, 0) is 19.8 Å². The molecule has 6 nitrogen and oxygen atoms in total. The first kappa shape index (κ1) is 15.8. The molecule has 1 fully saturated rings. The van der Waals surface area contributed by atoms with Gasteiger partial charge >= 0.3 is 12.0 Å². The molecule has 110 valence electrons. The lowest BCUT2D eigenvalue weighted by Crippen LogP contribution is -2.48. The van der Waals surface area contributed by atoms with E-state index in [4.69, 9.17) is 5.11 Å². The van der Waals surface area contributed by atoms with Gasteiger partial charge in [-0.25, -0.2) is 4.79 Å². The Labute approximate surface area is 114 Å². The predicted molar refractivity (Wildman–Crippen MR) is 70.9 cm³/mol. The van der Waals surface area contributed by atoms with Gasteiger partial charge in [0.05, 0.1) is 18.6 Å². The minimum absolute atomic E-state index is 0.0578. The smallest absolute Gasteiger partial charge is 0.319 e. The van der Waals surface area contributed by atoms with Crippen LogP contribution in [0.4, 0.5) is 4.79 Å². The van der Waals surface area contributed by atoms with Crippen LogP contribution in [0.1, 0.15) is 39.0 Å². The van der Waals surface area contributed by atoms with Gasteiger partial charge in [-0.1, -0.05) is 12.8 Å². The normalized spacial score (nSPS) is 17.2. The SMILES string of the molecule is CCN(CCC(=O)O)C(=O)N(C)CC1(O)CCCC1. The van der Waals surface area contributed by atoms with E-state index in [-0.39, 0.29) is 19.0 Å². The number of aliphatic hydroxyl groups is 1. The maximum absolute atomic E-state index is 12.2. The maximum atomic E-state index is 12.2. The molecule has 0 aromatic carbocycles. The molecular formula is C13H24N2O4. The van der Waals surface area contributed by atoms with Crippen LogP contribution in [0.2, 0.25) is 0 Å². The van der Waals surface area contributed by atoms with E-state index in [0.29, 0.717) is 13.1 Å². The summed E-state index contributed by atoms with van der Waals surface area (Å²) in [5.41, 5.74) is -0.767. The fourth-order valence-corrected chi connectivity index (χ4v) is 2.56. The van der Waals surface area contributed by atoms with Crippen LogP contribution < -0.4 is 0 Å². The number of urea groups is 1. The molecule has 1 aliphatic carbocycles. The van der Waals surface area contributed by atoms with Gasteiger partial charge in [-0.3, -0.25) is 4.79 Å². The highest BCUT2D eigenvalue weighted by Crippen LogP contribution is 2.30. The fraction of sp³-hybridized carbons (Fsp3) is 0.846. The number of hydrogen-bond donors (Lipinski definition) is 2. The molecule has 6 heteroatoms. The summed E-state index contributed by atoms with van der Waals surface area (Å²) in [5, 5.41) is 18.9. The van der Waals surface area contributed by atoms with Crippen LogP contribution in [0.5, 0.6) is 0 Å². The van der Waals surface area contributed by atoms with Gasteiger partial charge in [0.25, 0.3) is 0 Å². The molecule has 0 radical (unpaired) electrons. The first-order valence-electron chi connectivity index (χ1n) is 6.82. The second kappa shape index (κ2) is 6.75. The minimum atomic E-state index is -0.914. The first-order valence-corrected chi connectivity index (χ1v) is 6.82. The summed E-state index contributed by atoms with van der Waals surface area (Å²) in [7, 11) is 1.65.